The van der Waals surface area contributed by atoms with Gasteiger partial charge in [0, 0.05) is 23.7 Å². The SMILES string of the molecule is CN1C(=O)c2ccccc2NC1c1csc(-c2ccc(F)cc2)n1. The van der Waals surface area contributed by atoms with Crippen molar-refractivity contribution in [3.05, 3.63) is 71.0 Å². The normalized spacial score (nSPS) is 16.7. The van der Waals surface area contributed by atoms with Gasteiger partial charge >= 0.3 is 0 Å². The molecule has 1 aromatic heterocycles. The number of halogens is 1. The number of benzene rings is 2. The Balaban J connectivity index is 1.67. The number of hydrogen-bond donors (Lipinski definition) is 1. The van der Waals surface area contributed by atoms with Crippen LogP contribution in [-0.2, 0) is 0 Å². The first kappa shape index (κ1) is 14.8. The van der Waals surface area contributed by atoms with Gasteiger partial charge in [-0.2, -0.15) is 0 Å². The molecule has 1 aliphatic rings. The zero-order chi connectivity index (χ0) is 16.7. The van der Waals surface area contributed by atoms with E-state index in [1.807, 2.05) is 29.6 Å². The van der Waals surface area contributed by atoms with E-state index in [2.05, 4.69) is 10.3 Å². The second-order valence-electron chi connectivity index (χ2n) is 5.59. The molecule has 0 bridgehead atoms. The lowest BCUT2D eigenvalue weighted by Crippen LogP contribution is -2.40. The molecule has 6 heteroatoms. The summed E-state index contributed by atoms with van der Waals surface area (Å²) < 4.78 is 13.1. The number of thiazole rings is 1. The third-order valence-electron chi connectivity index (χ3n) is 4.05. The largest absolute Gasteiger partial charge is 0.359 e. The van der Waals surface area contributed by atoms with Crippen LogP contribution >= 0.6 is 11.3 Å². The van der Waals surface area contributed by atoms with Gasteiger partial charge in [-0.25, -0.2) is 9.37 Å². The van der Waals surface area contributed by atoms with Crippen molar-refractivity contribution in [2.24, 2.45) is 0 Å². The van der Waals surface area contributed by atoms with Crippen LogP contribution in [-0.4, -0.2) is 22.8 Å². The Morgan fingerprint density at radius 1 is 1.17 bits per heavy atom. The zero-order valence-corrected chi connectivity index (χ0v) is 13.7. The number of aromatic nitrogens is 1. The molecule has 2 heterocycles. The number of rotatable bonds is 2. The van der Waals surface area contributed by atoms with Crippen molar-refractivity contribution in [3.8, 4) is 10.6 Å². The quantitative estimate of drug-likeness (QED) is 0.763. The van der Waals surface area contributed by atoms with Crippen molar-refractivity contribution < 1.29 is 9.18 Å². The highest BCUT2D eigenvalue weighted by Crippen LogP contribution is 2.34. The molecule has 0 radical (unpaired) electrons. The highest BCUT2D eigenvalue weighted by molar-refractivity contribution is 7.13. The lowest BCUT2D eigenvalue weighted by molar-refractivity contribution is 0.0733. The van der Waals surface area contributed by atoms with Crippen LogP contribution in [0, 0.1) is 5.82 Å². The average molecular weight is 339 g/mol. The Morgan fingerprint density at radius 2 is 1.92 bits per heavy atom. The van der Waals surface area contributed by atoms with Crippen molar-refractivity contribution in [3.63, 3.8) is 0 Å². The van der Waals surface area contributed by atoms with Gasteiger partial charge in [0.2, 0.25) is 0 Å². The molecule has 1 aliphatic heterocycles. The molecule has 1 amide bonds. The minimum atomic E-state index is -0.321. The van der Waals surface area contributed by atoms with Gasteiger partial charge in [-0.3, -0.25) is 4.79 Å². The number of para-hydroxylation sites is 1. The van der Waals surface area contributed by atoms with Gasteiger partial charge in [0.15, 0.2) is 0 Å². The van der Waals surface area contributed by atoms with E-state index in [4.69, 9.17) is 0 Å². The monoisotopic (exact) mass is 339 g/mol. The number of nitrogens with zero attached hydrogens (tertiary/aromatic N) is 2. The molecule has 4 rings (SSSR count). The van der Waals surface area contributed by atoms with Gasteiger partial charge in [0.1, 0.15) is 17.0 Å². The number of anilines is 1. The minimum absolute atomic E-state index is 0.0364. The first-order valence-corrected chi connectivity index (χ1v) is 8.35. The summed E-state index contributed by atoms with van der Waals surface area (Å²) in [6, 6.07) is 13.7. The number of nitrogens with one attached hydrogen (secondary N) is 1. The Bertz CT molecular complexity index is 907. The van der Waals surface area contributed by atoms with E-state index in [1.165, 1.54) is 23.5 Å². The Labute approximate surface area is 142 Å². The summed E-state index contributed by atoms with van der Waals surface area (Å²) >= 11 is 1.48. The summed E-state index contributed by atoms with van der Waals surface area (Å²) in [5, 5.41) is 6.08. The van der Waals surface area contributed by atoms with Crippen LogP contribution in [0.25, 0.3) is 10.6 Å². The average Bonchev–Trinajstić information content (AvgIpc) is 3.08. The van der Waals surface area contributed by atoms with Gasteiger partial charge in [0.05, 0.1) is 11.3 Å². The number of amides is 1. The lowest BCUT2D eigenvalue weighted by Gasteiger charge is -2.34. The van der Waals surface area contributed by atoms with E-state index in [9.17, 15) is 9.18 Å². The maximum Gasteiger partial charge on any atom is 0.257 e. The molecule has 0 fully saturated rings. The predicted molar refractivity (Wildman–Crippen MR) is 92.4 cm³/mol. The predicted octanol–water partition coefficient (Wildman–Crippen LogP) is 4.15. The summed E-state index contributed by atoms with van der Waals surface area (Å²) in [7, 11) is 1.76. The maximum atomic E-state index is 13.1. The molecule has 0 spiro atoms. The van der Waals surface area contributed by atoms with Gasteiger partial charge in [0.25, 0.3) is 5.91 Å². The van der Waals surface area contributed by atoms with Gasteiger partial charge < -0.3 is 10.2 Å². The highest BCUT2D eigenvalue weighted by Gasteiger charge is 2.31. The third-order valence-corrected chi connectivity index (χ3v) is 4.96. The Morgan fingerprint density at radius 3 is 2.71 bits per heavy atom. The van der Waals surface area contributed by atoms with Crippen LogP contribution in [0.4, 0.5) is 10.1 Å². The minimum Gasteiger partial charge on any atom is -0.359 e. The van der Waals surface area contributed by atoms with Gasteiger partial charge in [-0.05, 0) is 36.4 Å². The van der Waals surface area contributed by atoms with E-state index >= 15 is 0 Å². The molecule has 120 valence electrons. The van der Waals surface area contributed by atoms with E-state index in [1.54, 1.807) is 24.1 Å². The van der Waals surface area contributed by atoms with Crippen LogP contribution in [0.1, 0.15) is 22.2 Å². The van der Waals surface area contributed by atoms with Gasteiger partial charge in [-0.15, -0.1) is 11.3 Å². The number of hydrogen-bond acceptors (Lipinski definition) is 4. The molecule has 2 aromatic carbocycles. The maximum absolute atomic E-state index is 13.1. The molecule has 0 saturated carbocycles. The van der Waals surface area contributed by atoms with Gasteiger partial charge in [-0.1, -0.05) is 12.1 Å². The van der Waals surface area contributed by atoms with Crippen LogP contribution < -0.4 is 5.32 Å². The molecule has 0 saturated heterocycles. The van der Waals surface area contributed by atoms with E-state index in [0.29, 0.717) is 5.56 Å². The molecule has 3 aromatic rings. The number of carbonyl (C=O) groups excluding carboxylic acids is 1. The second-order valence-corrected chi connectivity index (χ2v) is 6.45. The van der Waals surface area contributed by atoms with E-state index in [0.717, 1.165) is 22.0 Å². The first-order valence-electron chi connectivity index (χ1n) is 7.47. The molecule has 1 atom stereocenters. The van der Waals surface area contributed by atoms with E-state index < -0.39 is 0 Å². The summed E-state index contributed by atoms with van der Waals surface area (Å²) in [5.41, 5.74) is 3.09. The summed E-state index contributed by atoms with van der Waals surface area (Å²) in [6.07, 6.45) is -0.321. The first-order chi connectivity index (χ1) is 11.6. The highest BCUT2D eigenvalue weighted by atomic mass is 32.1. The topological polar surface area (TPSA) is 45.2 Å². The molecule has 0 aliphatic carbocycles. The van der Waals surface area contributed by atoms with Crippen molar-refractivity contribution in [1.82, 2.24) is 9.88 Å². The number of carbonyl (C=O) groups is 1. The van der Waals surface area contributed by atoms with Crippen molar-refractivity contribution >= 4 is 22.9 Å². The smallest absolute Gasteiger partial charge is 0.257 e. The Kier molecular flexibility index (Phi) is 3.54. The molecule has 4 nitrogen and oxygen atoms in total. The van der Waals surface area contributed by atoms with Crippen LogP contribution in [0.3, 0.4) is 0 Å². The lowest BCUT2D eigenvalue weighted by atomic mass is 10.1. The van der Waals surface area contributed by atoms with Crippen LogP contribution in [0.5, 0.6) is 0 Å². The molecular weight excluding hydrogens is 325 g/mol. The van der Waals surface area contributed by atoms with Crippen molar-refractivity contribution in [1.29, 1.82) is 0 Å². The van der Waals surface area contributed by atoms with E-state index in [-0.39, 0.29) is 17.9 Å². The zero-order valence-electron chi connectivity index (χ0n) is 12.9. The molecule has 1 N–H and O–H groups in total. The fourth-order valence-electron chi connectivity index (χ4n) is 2.76. The third kappa shape index (κ3) is 2.45. The van der Waals surface area contributed by atoms with Crippen molar-refractivity contribution in [2.75, 3.05) is 12.4 Å². The van der Waals surface area contributed by atoms with Crippen LogP contribution in [0.2, 0.25) is 0 Å². The summed E-state index contributed by atoms with van der Waals surface area (Å²) in [6.45, 7) is 0. The summed E-state index contributed by atoms with van der Waals surface area (Å²) in [5.74, 6) is -0.308. The standard InChI is InChI=1S/C18H14FN3OS/c1-22-16(20-14-5-3-2-4-13(14)18(22)23)15-10-24-17(21-15)11-6-8-12(19)9-7-11/h2-10,16,20H,1H3. The second kappa shape index (κ2) is 5.72. The Hall–Kier alpha value is -2.73. The van der Waals surface area contributed by atoms with Crippen LogP contribution in [0.15, 0.2) is 53.9 Å². The van der Waals surface area contributed by atoms with Crippen molar-refractivity contribution in [2.45, 2.75) is 6.17 Å². The number of fused-ring (bicyclic) bond motifs is 1. The molecule has 24 heavy (non-hydrogen) atoms. The fraction of sp³-hybridized carbons (Fsp3) is 0.111. The molecular formula is C18H14FN3OS. The molecule has 1 unspecified atom stereocenters. The summed E-state index contributed by atoms with van der Waals surface area (Å²) in [4.78, 5) is 18.8. The fourth-order valence-corrected chi connectivity index (χ4v) is 3.60.